The third-order valence-corrected chi connectivity index (χ3v) is 11.5. The van der Waals surface area contributed by atoms with Gasteiger partial charge in [0.1, 0.15) is 0 Å². The molecule has 2 saturated heterocycles. The van der Waals surface area contributed by atoms with Gasteiger partial charge in [-0.2, -0.15) is 10.1 Å². The first-order valence-corrected chi connectivity index (χ1v) is 20.4. The lowest BCUT2D eigenvalue weighted by Crippen LogP contribution is -2.47. The van der Waals surface area contributed by atoms with Gasteiger partial charge in [0.15, 0.2) is 5.65 Å². The molecule has 6 heterocycles. The Morgan fingerprint density at radius 3 is 2.45 bits per heavy atom. The van der Waals surface area contributed by atoms with Crippen LogP contribution in [-0.4, -0.2) is 90.8 Å². The fourth-order valence-electron chi connectivity index (χ4n) is 8.04. The first-order chi connectivity index (χ1) is 28.8. The number of piperidine rings is 1. The number of piperazine rings is 1. The summed E-state index contributed by atoms with van der Waals surface area (Å²) in [5.41, 5.74) is 9.37. The van der Waals surface area contributed by atoms with Crippen LogP contribution in [0, 0.1) is 6.92 Å². The number of aliphatic hydroxyl groups is 1. The van der Waals surface area contributed by atoms with Crippen molar-refractivity contribution >= 4 is 34.4 Å². The van der Waals surface area contributed by atoms with Crippen molar-refractivity contribution in [3.8, 4) is 22.4 Å². The van der Waals surface area contributed by atoms with Crippen molar-refractivity contribution in [2.24, 2.45) is 0 Å². The zero-order valence-corrected chi connectivity index (χ0v) is 34.6. The molecule has 6 aromatic rings. The molecule has 2 atom stereocenters. The van der Waals surface area contributed by atoms with Gasteiger partial charge in [-0.1, -0.05) is 50.2 Å². The van der Waals surface area contributed by atoms with Crippen LogP contribution in [0.15, 0.2) is 71.5 Å². The lowest BCUT2D eigenvalue weighted by Gasteiger charge is -2.36. The zero-order valence-electron chi connectivity index (χ0n) is 34.6. The molecule has 0 spiro atoms. The molecule has 2 aromatic carbocycles. The number of fused-ring (bicyclic) bond motifs is 1. The number of aromatic nitrogens is 6. The van der Waals surface area contributed by atoms with Gasteiger partial charge in [0.2, 0.25) is 17.7 Å². The fourth-order valence-corrected chi connectivity index (χ4v) is 8.04. The number of imide groups is 1. The van der Waals surface area contributed by atoms with Crippen molar-refractivity contribution in [1.82, 2.24) is 45.8 Å². The zero-order chi connectivity index (χ0) is 42.1. The third-order valence-electron chi connectivity index (χ3n) is 11.5. The molecule has 4 N–H and O–H groups in total. The van der Waals surface area contributed by atoms with E-state index in [2.05, 4.69) is 87.1 Å². The molecule has 1 unspecified atom stereocenters. The van der Waals surface area contributed by atoms with Gasteiger partial charge in [-0.3, -0.25) is 34.7 Å². The van der Waals surface area contributed by atoms with Gasteiger partial charge in [-0.25, -0.2) is 4.98 Å². The van der Waals surface area contributed by atoms with Gasteiger partial charge < -0.3 is 19.8 Å². The van der Waals surface area contributed by atoms with Crippen molar-refractivity contribution in [2.75, 3.05) is 37.6 Å². The number of hydrogen-bond donors (Lipinski definition) is 4. The van der Waals surface area contributed by atoms with Crippen LogP contribution in [0.1, 0.15) is 97.0 Å². The second-order valence-corrected chi connectivity index (χ2v) is 16.8. The van der Waals surface area contributed by atoms with Gasteiger partial charge in [0.05, 0.1) is 24.3 Å². The van der Waals surface area contributed by atoms with Crippen molar-refractivity contribution in [1.29, 1.82) is 0 Å². The molecule has 2 aliphatic rings. The molecule has 8 rings (SSSR count). The Balaban J connectivity index is 0.881. The number of H-pyrrole nitrogens is 1. The summed E-state index contributed by atoms with van der Waals surface area (Å²) in [5, 5.41) is 28.1. The SMILES string of the molecule is Cc1cc(CCN2CCN(c3ccc(-c4cnc5n[nH]c(-c6ccc([C@@H](C)NC(=O)c7noc(C(C)(C)C)n7)c(CO)c6)c5c4)cc3)CC2)ncc1C1CCC(=O)NC1=O. The Kier molecular flexibility index (Phi) is 11.3. The molecule has 2 aliphatic heterocycles. The number of hydrogen-bond acceptors (Lipinski definition) is 12. The Morgan fingerprint density at radius 2 is 1.75 bits per heavy atom. The molecule has 15 heteroatoms. The van der Waals surface area contributed by atoms with Gasteiger partial charge in [-0.05, 0) is 78.4 Å². The number of aliphatic hydroxyl groups excluding tert-OH is 1. The number of carbonyl (C=O) groups excluding carboxylic acids is 3. The van der Waals surface area contributed by atoms with Crippen molar-refractivity contribution in [2.45, 2.75) is 77.9 Å². The van der Waals surface area contributed by atoms with Crippen molar-refractivity contribution in [3.63, 3.8) is 0 Å². The van der Waals surface area contributed by atoms with Crippen molar-refractivity contribution in [3.05, 3.63) is 107 Å². The van der Waals surface area contributed by atoms with Gasteiger partial charge in [0.25, 0.3) is 11.7 Å². The van der Waals surface area contributed by atoms with E-state index < -0.39 is 11.9 Å². The fraction of sp³-hybridized carbons (Fsp3) is 0.378. The van der Waals surface area contributed by atoms with E-state index in [9.17, 15) is 19.5 Å². The molecule has 3 amide bonds. The van der Waals surface area contributed by atoms with Crippen LogP contribution in [0.5, 0.6) is 0 Å². The summed E-state index contributed by atoms with van der Waals surface area (Å²) < 4.78 is 5.29. The number of pyridine rings is 2. The lowest BCUT2D eigenvalue weighted by atomic mass is 9.88. The standard InChI is InChI=1S/C45H50N10O5/c1-26-20-32(46-24-37(26)35-12-13-38(57)49-42(35)58)14-15-54-16-18-55(19-17-54)33-9-6-28(7-10-33)30-22-36-39(51-52-40(36)47-23-30)29-8-11-34(31(21-29)25-56)27(2)48-43(59)41-50-44(60-53-41)45(3,4)5/h6-11,20-24,27,35,56H,12-19,25H2,1-5H3,(H,48,59)(H,47,51,52)(H,49,57,58)/t27-,35?/m1/s1. The molecular weight excluding hydrogens is 761 g/mol. The minimum atomic E-state index is -0.460. The van der Waals surface area contributed by atoms with Crippen LogP contribution < -0.4 is 15.5 Å². The summed E-state index contributed by atoms with van der Waals surface area (Å²) in [6, 6.07) is 18.1. The van der Waals surface area contributed by atoms with Gasteiger partial charge in [0, 0.05) is 91.3 Å². The van der Waals surface area contributed by atoms with E-state index in [-0.39, 0.29) is 35.6 Å². The monoisotopic (exact) mass is 810 g/mol. The minimum absolute atomic E-state index is 0.0375. The number of benzene rings is 2. The highest BCUT2D eigenvalue weighted by Gasteiger charge is 2.30. The predicted molar refractivity (Wildman–Crippen MR) is 226 cm³/mol. The summed E-state index contributed by atoms with van der Waals surface area (Å²) in [4.78, 5) is 55.4. The maximum absolute atomic E-state index is 13.0. The van der Waals surface area contributed by atoms with E-state index in [1.165, 1.54) is 5.69 Å². The van der Waals surface area contributed by atoms with Gasteiger partial charge >= 0.3 is 0 Å². The average molecular weight is 811 g/mol. The predicted octanol–water partition coefficient (Wildman–Crippen LogP) is 5.54. The highest BCUT2D eigenvalue weighted by atomic mass is 16.5. The Morgan fingerprint density at radius 1 is 0.983 bits per heavy atom. The number of nitrogens with zero attached hydrogens (tertiary/aromatic N) is 7. The molecular formula is C45H50N10O5. The van der Waals surface area contributed by atoms with Crippen LogP contribution >= 0.6 is 0 Å². The minimum Gasteiger partial charge on any atom is -0.392 e. The number of nitrogens with one attached hydrogen (secondary N) is 3. The Bertz CT molecular complexity index is 2550. The van der Waals surface area contributed by atoms with Gasteiger partial charge in [-0.15, -0.1) is 0 Å². The summed E-state index contributed by atoms with van der Waals surface area (Å²) in [7, 11) is 0. The first-order valence-electron chi connectivity index (χ1n) is 20.4. The smallest absolute Gasteiger partial charge is 0.293 e. The Labute approximate surface area is 348 Å². The quantitative estimate of drug-likeness (QED) is 0.120. The number of aromatic amines is 1. The molecule has 310 valence electrons. The van der Waals surface area contributed by atoms with Crippen LogP contribution in [-0.2, 0) is 28.0 Å². The van der Waals surface area contributed by atoms with Crippen LogP contribution in [0.3, 0.4) is 0 Å². The number of aryl methyl sites for hydroxylation is 1. The average Bonchev–Trinajstić information content (AvgIpc) is 3.92. The highest BCUT2D eigenvalue weighted by Crippen LogP contribution is 2.33. The summed E-state index contributed by atoms with van der Waals surface area (Å²) in [6.07, 6.45) is 5.36. The Hall–Kier alpha value is -6.32. The molecule has 15 nitrogen and oxygen atoms in total. The third kappa shape index (κ3) is 8.54. The largest absolute Gasteiger partial charge is 0.392 e. The molecule has 2 fully saturated rings. The van der Waals surface area contributed by atoms with Crippen LogP contribution in [0.4, 0.5) is 5.69 Å². The van der Waals surface area contributed by atoms with E-state index in [4.69, 9.17) is 4.52 Å². The maximum Gasteiger partial charge on any atom is 0.293 e. The molecule has 60 heavy (non-hydrogen) atoms. The molecule has 0 aliphatic carbocycles. The van der Waals surface area contributed by atoms with E-state index in [1.54, 1.807) is 0 Å². The number of anilines is 1. The number of carbonyl (C=O) groups is 3. The lowest BCUT2D eigenvalue weighted by molar-refractivity contribution is -0.134. The summed E-state index contributed by atoms with van der Waals surface area (Å²) in [6.45, 7) is 14.1. The highest BCUT2D eigenvalue weighted by molar-refractivity contribution is 6.01. The van der Waals surface area contributed by atoms with E-state index in [1.807, 2.05) is 65.2 Å². The molecule has 0 radical (unpaired) electrons. The molecule has 4 aromatic heterocycles. The van der Waals surface area contributed by atoms with E-state index in [0.29, 0.717) is 29.9 Å². The molecule has 0 saturated carbocycles. The van der Waals surface area contributed by atoms with E-state index in [0.717, 1.165) is 89.3 Å². The van der Waals surface area contributed by atoms with E-state index >= 15 is 0 Å². The maximum atomic E-state index is 13.0. The van der Waals surface area contributed by atoms with Crippen LogP contribution in [0.25, 0.3) is 33.4 Å². The number of rotatable bonds is 11. The topological polar surface area (TPSA) is 195 Å². The second kappa shape index (κ2) is 16.7. The summed E-state index contributed by atoms with van der Waals surface area (Å²) in [5.74, 6) is -0.876. The first kappa shape index (κ1) is 40.5. The number of amides is 3. The van der Waals surface area contributed by atoms with Crippen LogP contribution in [0.2, 0.25) is 0 Å². The molecule has 0 bridgehead atoms. The normalized spacial score (nSPS) is 16.9. The second-order valence-electron chi connectivity index (χ2n) is 16.8. The van der Waals surface area contributed by atoms with Crippen molar-refractivity contribution < 1.29 is 24.0 Å². The summed E-state index contributed by atoms with van der Waals surface area (Å²) >= 11 is 0.